The van der Waals surface area contributed by atoms with Crippen LogP contribution in [0.5, 0.6) is 0 Å². The monoisotopic (exact) mass is 623 g/mol. The van der Waals surface area contributed by atoms with Crippen molar-refractivity contribution in [3.8, 4) is 0 Å². The van der Waals surface area contributed by atoms with Crippen molar-refractivity contribution in [2.75, 3.05) is 17.9 Å². The molecule has 218 valence electrons. The molecule has 42 heavy (non-hydrogen) atoms. The highest BCUT2D eigenvalue weighted by molar-refractivity contribution is 7.92. The fourth-order valence-electron chi connectivity index (χ4n) is 4.65. The molecular formula is C32H31Cl2N3O4S. The van der Waals surface area contributed by atoms with Crippen molar-refractivity contribution >= 4 is 50.7 Å². The summed E-state index contributed by atoms with van der Waals surface area (Å²) in [5.74, 6) is -1.01. The van der Waals surface area contributed by atoms with Gasteiger partial charge in [-0.25, -0.2) is 8.42 Å². The number of hydrogen-bond donors (Lipinski definition) is 1. The first-order valence-electron chi connectivity index (χ1n) is 13.2. The van der Waals surface area contributed by atoms with Crippen LogP contribution in [0.1, 0.15) is 16.7 Å². The molecule has 0 saturated carbocycles. The van der Waals surface area contributed by atoms with Gasteiger partial charge in [0.05, 0.1) is 10.6 Å². The van der Waals surface area contributed by atoms with Gasteiger partial charge in [-0.1, -0.05) is 96.0 Å². The van der Waals surface area contributed by atoms with Gasteiger partial charge in [0.1, 0.15) is 12.6 Å². The van der Waals surface area contributed by atoms with Gasteiger partial charge in [-0.05, 0) is 48.4 Å². The Morgan fingerprint density at radius 1 is 0.810 bits per heavy atom. The quantitative estimate of drug-likeness (QED) is 0.226. The molecule has 0 fully saturated rings. The van der Waals surface area contributed by atoms with Gasteiger partial charge in [-0.15, -0.1) is 0 Å². The third-order valence-electron chi connectivity index (χ3n) is 6.90. The number of likely N-dealkylation sites (N-methyl/N-ethyl adjacent to an activating group) is 1. The minimum absolute atomic E-state index is 0.0360. The minimum Gasteiger partial charge on any atom is -0.357 e. The highest BCUT2D eigenvalue weighted by Crippen LogP contribution is 2.30. The zero-order chi connectivity index (χ0) is 30.3. The highest BCUT2D eigenvalue weighted by atomic mass is 35.5. The Labute approximate surface area is 256 Å². The van der Waals surface area contributed by atoms with E-state index in [0.29, 0.717) is 26.9 Å². The number of para-hydroxylation sites is 1. The Bertz CT molecular complexity index is 1630. The molecule has 1 N–H and O–H groups in total. The third-order valence-corrected chi connectivity index (χ3v) is 9.38. The standard InChI is InChI=1S/C32H31Cl2N3O4S/c1-23-12-9-10-19-29(23)37(42(40,41)25-15-7-4-8-16-25)22-31(38)36(21-26-27(33)17-11-18-28(26)34)30(32(39)35-2)20-24-13-5-3-6-14-24/h3-19,30H,20-22H2,1-2H3,(H,35,39). The molecule has 2 amide bonds. The molecule has 0 spiro atoms. The van der Waals surface area contributed by atoms with E-state index in [-0.39, 0.29) is 17.9 Å². The van der Waals surface area contributed by atoms with Crippen LogP contribution < -0.4 is 9.62 Å². The number of rotatable bonds is 11. The number of benzene rings is 4. The van der Waals surface area contributed by atoms with Crippen molar-refractivity contribution in [2.24, 2.45) is 0 Å². The van der Waals surface area contributed by atoms with Crippen LogP contribution in [0.3, 0.4) is 0 Å². The molecule has 4 aromatic carbocycles. The SMILES string of the molecule is CNC(=O)C(Cc1ccccc1)N(Cc1c(Cl)cccc1Cl)C(=O)CN(c1ccccc1C)S(=O)(=O)c1ccccc1. The molecule has 7 nitrogen and oxygen atoms in total. The normalized spacial score (nSPS) is 11.9. The lowest BCUT2D eigenvalue weighted by Gasteiger charge is -2.34. The molecule has 4 rings (SSSR count). The molecular weight excluding hydrogens is 593 g/mol. The Balaban J connectivity index is 1.82. The number of nitrogens with one attached hydrogen (secondary N) is 1. The molecule has 0 radical (unpaired) electrons. The lowest BCUT2D eigenvalue weighted by molar-refractivity contribution is -0.139. The number of anilines is 1. The van der Waals surface area contributed by atoms with E-state index >= 15 is 0 Å². The summed E-state index contributed by atoms with van der Waals surface area (Å²) >= 11 is 13.0. The number of sulfonamides is 1. The summed E-state index contributed by atoms with van der Waals surface area (Å²) in [6.07, 6.45) is 0.185. The predicted molar refractivity (Wildman–Crippen MR) is 167 cm³/mol. The van der Waals surface area contributed by atoms with E-state index in [1.807, 2.05) is 30.3 Å². The van der Waals surface area contributed by atoms with Crippen molar-refractivity contribution in [2.45, 2.75) is 30.8 Å². The zero-order valence-corrected chi connectivity index (χ0v) is 25.5. The topological polar surface area (TPSA) is 86.8 Å². The largest absolute Gasteiger partial charge is 0.357 e. The zero-order valence-electron chi connectivity index (χ0n) is 23.2. The Morgan fingerprint density at radius 2 is 1.38 bits per heavy atom. The fourth-order valence-corrected chi connectivity index (χ4v) is 6.67. The first kappa shape index (κ1) is 31.1. The maximum atomic E-state index is 14.3. The van der Waals surface area contributed by atoms with Crippen molar-refractivity contribution in [3.05, 3.63) is 130 Å². The van der Waals surface area contributed by atoms with Gasteiger partial charge in [0.2, 0.25) is 11.8 Å². The summed E-state index contributed by atoms with van der Waals surface area (Å²) in [5, 5.41) is 3.30. The molecule has 0 aliphatic rings. The van der Waals surface area contributed by atoms with E-state index < -0.39 is 34.4 Å². The second-order valence-corrected chi connectivity index (χ2v) is 12.3. The van der Waals surface area contributed by atoms with Gasteiger partial charge >= 0.3 is 0 Å². The molecule has 10 heteroatoms. The number of carbonyl (C=O) groups is 2. The highest BCUT2D eigenvalue weighted by Gasteiger charge is 2.35. The molecule has 0 bridgehead atoms. The lowest BCUT2D eigenvalue weighted by atomic mass is 10.0. The minimum atomic E-state index is -4.17. The van der Waals surface area contributed by atoms with Crippen LogP contribution in [0.2, 0.25) is 10.0 Å². The number of amides is 2. The van der Waals surface area contributed by atoms with E-state index in [1.54, 1.807) is 67.6 Å². The van der Waals surface area contributed by atoms with Crippen molar-refractivity contribution in [1.82, 2.24) is 10.2 Å². The van der Waals surface area contributed by atoms with Crippen LogP contribution in [0.4, 0.5) is 5.69 Å². The third kappa shape index (κ3) is 7.13. The van der Waals surface area contributed by atoms with Crippen molar-refractivity contribution < 1.29 is 18.0 Å². The van der Waals surface area contributed by atoms with Crippen LogP contribution in [0.15, 0.2) is 108 Å². The summed E-state index contributed by atoms with van der Waals surface area (Å²) in [5.41, 5.74) is 2.29. The summed E-state index contributed by atoms with van der Waals surface area (Å²) in [7, 11) is -2.68. The first-order valence-corrected chi connectivity index (χ1v) is 15.4. The molecule has 1 unspecified atom stereocenters. The van der Waals surface area contributed by atoms with Crippen LogP contribution >= 0.6 is 23.2 Å². The molecule has 0 aromatic heterocycles. The van der Waals surface area contributed by atoms with Crippen LogP contribution in [-0.2, 0) is 32.6 Å². The lowest BCUT2D eigenvalue weighted by Crippen LogP contribution is -2.53. The maximum Gasteiger partial charge on any atom is 0.264 e. The number of hydrogen-bond acceptors (Lipinski definition) is 4. The molecule has 0 saturated heterocycles. The maximum absolute atomic E-state index is 14.3. The Hall–Kier alpha value is -3.85. The first-order chi connectivity index (χ1) is 20.1. The second kappa shape index (κ2) is 13.9. The van der Waals surface area contributed by atoms with Crippen molar-refractivity contribution in [3.63, 3.8) is 0 Å². The van der Waals surface area contributed by atoms with E-state index in [9.17, 15) is 18.0 Å². The van der Waals surface area contributed by atoms with Gasteiger partial charge in [-0.2, -0.15) is 0 Å². The van der Waals surface area contributed by atoms with Crippen molar-refractivity contribution in [1.29, 1.82) is 0 Å². The van der Waals surface area contributed by atoms with E-state index in [0.717, 1.165) is 9.87 Å². The average Bonchev–Trinajstić information content (AvgIpc) is 2.99. The summed E-state index contributed by atoms with van der Waals surface area (Å²) < 4.78 is 29.1. The van der Waals surface area contributed by atoms with E-state index in [2.05, 4.69) is 5.32 Å². The van der Waals surface area contributed by atoms with Crippen LogP contribution in [0, 0.1) is 6.92 Å². The summed E-state index contributed by atoms with van der Waals surface area (Å²) in [4.78, 5) is 29.1. The second-order valence-electron chi connectivity index (χ2n) is 9.65. The fraction of sp³-hybridized carbons (Fsp3) is 0.188. The average molecular weight is 625 g/mol. The number of nitrogens with zero attached hydrogens (tertiary/aromatic N) is 2. The smallest absolute Gasteiger partial charge is 0.264 e. The molecule has 0 heterocycles. The van der Waals surface area contributed by atoms with Gasteiger partial charge in [0.25, 0.3) is 10.0 Å². The predicted octanol–water partition coefficient (Wildman–Crippen LogP) is 5.88. The molecule has 0 aliphatic carbocycles. The van der Waals surface area contributed by atoms with E-state index in [1.165, 1.54) is 24.1 Å². The Kier molecular flexibility index (Phi) is 10.3. The number of halogens is 2. The number of aryl methyl sites for hydroxylation is 1. The molecule has 1 atom stereocenters. The van der Waals surface area contributed by atoms with Gasteiger partial charge in [-0.3, -0.25) is 13.9 Å². The molecule has 4 aromatic rings. The van der Waals surface area contributed by atoms with Crippen LogP contribution in [-0.4, -0.2) is 44.8 Å². The van der Waals surface area contributed by atoms with Crippen LogP contribution in [0.25, 0.3) is 0 Å². The summed E-state index contributed by atoms with van der Waals surface area (Å²) in [6, 6.07) is 28.1. The number of carbonyl (C=O) groups excluding carboxylic acids is 2. The summed E-state index contributed by atoms with van der Waals surface area (Å²) in [6.45, 7) is 1.10. The van der Waals surface area contributed by atoms with Gasteiger partial charge in [0, 0.05) is 35.6 Å². The van der Waals surface area contributed by atoms with Gasteiger partial charge in [0.15, 0.2) is 0 Å². The molecule has 0 aliphatic heterocycles. The Morgan fingerprint density at radius 3 is 1.98 bits per heavy atom. The van der Waals surface area contributed by atoms with E-state index in [4.69, 9.17) is 23.2 Å². The van der Waals surface area contributed by atoms with Gasteiger partial charge < -0.3 is 10.2 Å².